The summed E-state index contributed by atoms with van der Waals surface area (Å²) in [7, 11) is 0. The average molecular weight is 438 g/mol. The Balaban J connectivity index is 1.36. The lowest BCUT2D eigenvalue weighted by molar-refractivity contribution is -0.166. The molecule has 2 atom stereocenters. The standard InChI is InChI=1S/C24H26N2O6/c1-15(21(27)26-12-6-11-24(31,14-26)22(28)29)25-23(30)32-13-20-18-9-4-2-7-16(18)17-8-3-5-10-19(17)20/h2-5,7-10,15,20,31H,6,11-14H2,1H3,(H,25,30)(H,28,29)/t15-,24?/m0/s1. The largest absolute Gasteiger partial charge is 0.479 e. The number of benzene rings is 2. The number of nitrogens with one attached hydrogen (secondary N) is 1. The van der Waals surface area contributed by atoms with Crippen LogP contribution in [-0.4, -0.2) is 64.4 Å². The Bertz CT molecular complexity index is 1010. The molecule has 0 bridgehead atoms. The van der Waals surface area contributed by atoms with Gasteiger partial charge in [-0.2, -0.15) is 0 Å². The zero-order valence-corrected chi connectivity index (χ0v) is 17.8. The average Bonchev–Trinajstić information content (AvgIpc) is 3.11. The fourth-order valence-electron chi connectivity index (χ4n) is 4.55. The van der Waals surface area contributed by atoms with Crippen molar-refractivity contribution in [3.63, 3.8) is 0 Å². The van der Waals surface area contributed by atoms with Crippen molar-refractivity contribution in [3.05, 3.63) is 59.7 Å². The van der Waals surface area contributed by atoms with Crippen LogP contribution in [0.5, 0.6) is 0 Å². The summed E-state index contributed by atoms with van der Waals surface area (Å²) >= 11 is 0. The zero-order chi connectivity index (χ0) is 22.9. The normalized spacial score (nSPS) is 20.8. The molecule has 8 nitrogen and oxygen atoms in total. The van der Waals surface area contributed by atoms with Crippen molar-refractivity contribution < 1.29 is 29.3 Å². The molecule has 0 aromatic heterocycles. The van der Waals surface area contributed by atoms with Crippen LogP contribution in [0.4, 0.5) is 4.79 Å². The fourth-order valence-corrected chi connectivity index (χ4v) is 4.55. The molecule has 0 saturated carbocycles. The predicted molar refractivity (Wildman–Crippen MR) is 116 cm³/mol. The minimum atomic E-state index is -1.96. The number of piperidine rings is 1. The number of rotatable bonds is 5. The molecule has 1 unspecified atom stereocenters. The van der Waals surface area contributed by atoms with Gasteiger partial charge < -0.3 is 25.2 Å². The summed E-state index contributed by atoms with van der Waals surface area (Å²) in [5.41, 5.74) is 2.46. The maximum atomic E-state index is 12.7. The van der Waals surface area contributed by atoms with Gasteiger partial charge in [0.15, 0.2) is 5.60 Å². The molecule has 0 spiro atoms. The first kappa shape index (κ1) is 21.8. The Hall–Kier alpha value is -3.39. The molecule has 32 heavy (non-hydrogen) atoms. The van der Waals surface area contributed by atoms with E-state index in [0.717, 1.165) is 22.3 Å². The molecule has 1 fully saturated rings. The maximum Gasteiger partial charge on any atom is 0.407 e. The number of alkyl carbamates (subject to hydrolysis) is 1. The van der Waals surface area contributed by atoms with Crippen LogP contribution in [0.1, 0.15) is 36.8 Å². The Morgan fingerprint density at radius 3 is 2.31 bits per heavy atom. The molecule has 168 valence electrons. The van der Waals surface area contributed by atoms with Gasteiger partial charge in [-0.15, -0.1) is 0 Å². The second-order valence-corrected chi connectivity index (χ2v) is 8.39. The number of carbonyl (C=O) groups excluding carboxylic acids is 2. The van der Waals surface area contributed by atoms with Gasteiger partial charge in [0.05, 0.1) is 6.54 Å². The van der Waals surface area contributed by atoms with E-state index in [1.165, 1.54) is 11.8 Å². The molecule has 3 N–H and O–H groups in total. The van der Waals surface area contributed by atoms with Gasteiger partial charge in [-0.1, -0.05) is 48.5 Å². The van der Waals surface area contributed by atoms with Crippen LogP contribution >= 0.6 is 0 Å². The molecule has 1 heterocycles. The molecule has 1 saturated heterocycles. The quantitative estimate of drug-likeness (QED) is 0.660. The topological polar surface area (TPSA) is 116 Å². The highest BCUT2D eigenvalue weighted by Gasteiger charge is 2.42. The number of carbonyl (C=O) groups is 3. The number of fused-ring (bicyclic) bond motifs is 3. The van der Waals surface area contributed by atoms with Crippen LogP contribution in [-0.2, 0) is 14.3 Å². The van der Waals surface area contributed by atoms with Gasteiger partial charge in [-0.05, 0) is 42.0 Å². The summed E-state index contributed by atoms with van der Waals surface area (Å²) in [5, 5.41) is 21.9. The second kappa shape index (κ2) is 8.63. The first-order chi connectivity index (χ1) is 15.3. The Morgan fingerprint density at radius 1 is 1.12 bits per heavy atom. The molecular weight excluding hydrogens is 412 g/mol. The van der Waals surface area contributed by atoms with E-state index in [-0.39, 0.29) is 25.5 Å². The van der Waals surface area contributed by atoms with Crippen LogP contribution in [0.15, 0.2) is 48.5 Å². The van der Waals surface area contributed by atoms with Crippen LogP contribution in [0.3, 0.4) is 0 Å². The number of β-amino-alcohol motifs (C(OH)–C–C–N with tert-alkyl or cyclic N) is 1. The Labute approximate surface area is 185 Å². The smallest absolute Gasteiger partial charge is 0.407 e. The number of nitrogens with zero attached hydrogens (tertiary/aromatic N) is 1. The summed E-state index contributed by atoms with van der Waals surface area (Å²) in [6, 6.07) is 15.1. The van der Waals surface area contributed by atoms with E-state index in [4.69, 9.17) is 4.74 Å². The number of ether oxygens (including phenoxy) is 1. The van der Waals surface area contributed by atoms with Gasteiger partial charge in [0.25, 0.3) is 0 Å². The number of amides is 2. The third-order valence-electron chi connectivity index (χ3n) is 6.23. The van der Waals surface area contributed by atoms with Crippen molar-refractivity contribution in [2.24, 2.45) is 0 Å². The summed E-state index contributed by atoms with van der Waals surface area (Å²) in [4.78, 5) is 37.7. The number of hydrogen-bond acceptors (Lipinski definition) is 5. The highest BCUT2D eigenvalue weighted by atomic mass is 16.5. The highest BCUT2D eigenvalue weighted by Crippen LogP contribution is 2.44. The van der Waals surface area contributed by atoms with E-state index < -0.39 is 29.6 Å². The van der Waals surface area contributed by atoms with E-state index in [1.807, 2.05) is 48.5 Å². The van der Waals surface area contributed by atoms with Crippen LogP contribution in [0, 0.1) is 0 Å². The zero-order valence-electron chi connectivity index (χ0n) is 17.8. The van der Waals surface area contributed by atoms with Crippen LogP contribution in [0.2, 0.25) is 0 Å². The van der Waals surface area contributed by atoms with E-state index in [2.05, 4.69) is 5.32 Å². The number of carboxylic acid groups (broad SMARTS) is 1. The molecule has 0 radical (unpaired) electrons. The van der Waals surface area contributed by atoms with Crippen LogP contribution in [0.25, 0.3) is 11.1 Å². The molecule has 2 aromatic carbocycles. The summed E-state index contributed by atoms with van der Waals surface area (Å²) < 4.78 is 5.46. The number of aliphatic hydroxyl groups is 1. The molecule has 2 amide bonds. The molecule has 1 aliphatic heterocycles. The second-order valence-electron chi connectivity index (χ2n) is 8.39. The molecular formula is C24H26N2O6. The van der Waals surface area contributed by atoms with Gasteiger partial charge in [0.1, 0.15) is 12.6 Å². The maximum absolute atomic E-state index is 12.7. The first-order valence-electron chi connectivity index (χ1n) is 10.7. The lowest BCUT2D eigenvalue weighted by Crippen LogP contribution is -2.58. The van der Waals surface area contributed by atoms with E-state index >= 15 is 0 Å². The van der Waals surface area contributed by atoms with E-state index in [1.54, 1.807) is 0 Å². The molecule has 1 aliphatic carbocycles. The number of likely N-dealkylation sites (tertiary alicyclic amines) is 1. The Kier molecular flexibility index (Phi) is 5.88. The molecule has 2 aliphatic rings. The van der Waals surface area contributed by atoms with Crippen molar-refractivity contribution in [2.45, 2.75) is 37.3 Å². The van der Waals surface area contributed by atoms with E-state index in [9.17, 15) is 24.6 Å². The number of aliphatic carboxylic acids is 1. The number of carboxylic acids is 1. The van der Waals surface area contributed by atoms with Crippen LogP contribution < -0.4 is 5.32 Å². The van der Waals surface area contributed by atoms with Gasteiger partial charge in [0.2, 0.25) is 5.91 Å². The Morgan fingerprint density at radius 2 is 1.72 bits per heavy atom. The van der Waals surface area contributed by atoms with Crippen molar-refractivity contribution in [1.82, 2.24) is 10.2 Å². The number of hydrogen-bond donors (Lipinski definition) is 3. The third kappa shape index (κ3) is 4.05. The van der Waals surface area contributed by atoms with Crippen molar-refractivity contribution in [2.75, 3.05) is 19.7 Å². The van der Waals surface area contributed by atoms with Crippen molar-refractivity contribution in [3.8, 4) is 11.1 Å². The van der Waals surface area contributed by atoms with E-state index in [0.29, 0.717) is 13.0 Å². The summed E-state index contributed by atoms with van der Waals surface area (Å²) in [5.74, 6) is -1.91. The van der Waals surface area contributed by atoms with Gasteiger partial charge in [-0.25, -0.2) is 9.59 Å². The SMILES string of the molecule is C[C@H](NC(=O)OCC1c2ccccc2-c2ccccc21)C(=O)N1CCCC(O)(C(=O)O)C1. The molecule has 8 heteroatoms. The highest BCUT2D eigenvalue weighted by molar-refractivity contribution is 5.87. The minimum absolute atomic E-state index is 0.0836. The van der Waals surface area contributed by atoms with Gasteiger partial charge in [-0.3, -0.25) is 4.79 Å². The molecule has 2 aromatic rings. The third-order valence-corrected chi connectivity index (χ3v) is 6.23. The minimum Gasteiger partial charge on any atom is -0.479 e. The predicted octanol–water partition coefficient (Wildman–Crippen LogP) is 2.35. The summed E-state index contributed by atoms with van der Waals surface area (Å²) in [6.07, 6.45) is -0.273. The van der Waals surface area contributed by atoms with Gasteiger partial charge >= 0.3 is 12.1 Å². The lowest BCUT2D eigenvalue weighted by atomic mass is 9.92. The molecule has 4 rings (SSSR count). The fraction of sp³-hybridized carbons (Fsp3) is 0.375. The monoisotopic (exact) mass is 438 g/mol. The van der Waals surface area contributed by atoms with Gasteiger partial charge in [0, 0.05) is 12.5 Å². The summed E-state index contributed by atoms with van der Waals surface area (Å²) in [6.45, 7) is 1.66. The van der Waals surface area contributed by atoms with Crippen molar-refractivity contribution in [1.29, 1.82) is 0 Å². The first-order valence-corrected chi connectivity index (χ1v) is 10.7. The lowest BCUT2D eigenvalue weighted by Gasteiger charge is -2.37. The van der Waals surface area contributed by atoms with Crippen molar-refractivity contribution >= 4 is 18.0 Å².